The molecule has 1 aliphatic heterocycles. The summed E-state index contributed by atoms with van der Waals surface area (Å²) in [7, 11) is 0. The number of hydrogen-bond donors (Lipinski definition) is 0. The van der Waals surface area contributed by atoms with E-state index in [9.17, 15) is 4.79 Å². The fraction of sp³-hybridized carbons (Fsp3) is 0.524. The van der Waals surface area contributed by atoms with Crippen LogP contribution in [0.15, 0.2) is 27.6 Å². The molecule has 1 aromatic heterocycles. The summed E-state index contributed by atoms with van der Waals surface area (Å²) in [4.78, 5) is 18.2. The van der Waals surface area contributed by atoms with E-state index in [0.717, 1.165) is 44.2 Å². The minimum absolute atomic E-state index is 0.248. The van der Waals surface area contributed by atoms with Crippen LogP contribution in [-0.4, -0.2) is 52.8 Å². The molecule has 0 atom stereocenters. The largest absolute Gasteiger partial charge is 0.361 e. The zero-order valence-corrected chi connectivity index (χ0v) is 17.0. The number of fused-ring (bicyclic) bond motifs is 1. The maximum absolute atomic E-state index is 12.6. The highest BCUT2D eigenvalue weighted by atomic mass is 32.2. The molecule has 0 N–H and O–H groups in total. The van der Waals surface area contributed by atoms with Crippen molar-refractivity contribution in [2.45, 2.75) is 44.6 Å². The maximum Gasteiger partial charge on any atom is 0.233 e. The predicted octanol–water partition coefficient (Wildman–Crippen LogP) is 3.22. The number of aryl methyl sites for hydroxylation is 4. The van der Waals surface area contributed by atoms with E-state index in [1.54, 1.807) is 11.8 Å². The number of piperazine rings is 1. The average molecular weight is 386 g/mol. The van der Waals surface area contributed by atoms with E-state index in [2.05, 4.69) is 28.3 Å². The van der Waals surface area contributed by atoms with Crippen LogP contribution in [0, 0.1) is 13.8 Å². The first-order chi connectivity index (χ1) is 13.1. The SMILES string of the molecule is Cc1noc(C)c1CN1CCN(C(=O)CSc2ccc3c(c2)CCC3)CC1. The molecule has 1 saturated heterocycles. The second-order valence-electron chi connectivity index (χ2n) is 7.53. The molecule has 1 amide bonds. The zero-order valence-electron chi connectivity index (χ0n) is 16.2. The molecule has 144 valence electrons. The van der Waals surface area contributed by atoms with Crippen LogP contribution in [0.4, 0.5) is 0 Å². The summed E-state index contributed by atoms with van der Waals surface area (Å²) in [6.07, 6.45) is 3.66. The lowest BCUT2D eigenvalue weighted by atomic mass is 10.1. The summed E-state index contributed by atoms with van der Waals surface area (Å²) in [5.74, 6) is 1.68. The van der Waals surface area contributed by atoms with Crippen molar-refractivity contribution in [2.75, 3.05) is 31.9 Å². The van der Waals surface area contributed by atoms with Gasteiger partial charge in [0.1, 0.15) is 5.76 Å². The Morgan fingerprint density at radius 2 is 1.93 bits per heavy atom. The predicted molar refractivity (Wildman–Crippen MR) is 107 cm³/mol. The quantitative estimate of drug-likeness (QED) is 0.740. The first-order valence-electron chi connectivity index (χ1n) is 9.76. The number of carbonyl (C=O) groups is 1. The summed E-state index contributed by atoms with van der Waals surface area (Å²) in [5, 5.41) is 4.03. The molecule has 0 spiro atoms. The molecule has 2 aliphatic rings. The van der Waals surface area contributed by atoms with Gasteiger partial charge in [-0.05, 0) is 56.4 Å². The van der Waals surface area contributed by atoms with Crippen LogP contribution in [0.2, 0.25) is 0 Å². The molecule has 6 heteroatoms. The highest BCUT2D eigenvalue weighted by molar-refractivity contribution is 8.00. The van der Waals surface area contributed by atoms with Gasteiger partial charge in [0, 0.05) is 43.2 Å². The van der Waals surface area contributed by atoms with E-state index in [4.69, 9.17) is 4.52 Å². The Morgan fingerprint density at radius 3 is 2.67 bits per heavy atom. The number of benzene rings is 1. The molecule has 0 unspecified atom stereocenters. The lowest BCUT2D eigenvalue weighted by Gasteiger charge is -2.34. The second-order valence-corrected chi connectivity index (χ2v) is 8.58. The monoisotopic (exact) mass is 385 g/mol. The smallest absolute Gasteiger partial charge is 0.233 e. The van der Waals surface area contributed by atoms with Gasteiger partial charge in [-0.25, -0.2) is 0 Å². The molecule has 4 rings (SSSR count). The standard InChI is InChI=1S/C21H27N3O2S/c1-15-20(16(2)26-22-15)13-23-8-10-24(11-9-23)21(25)14-27-19-7-6-17-4-3-5-18(17)12-19/h6-7,12H,3-5,8-11,13-14H2,1-2H3. The first kappa shape index (κ1) is 18.6. The van der Waals surface area contributed by atoms with Gasteiger partial charge in [-0.3, -0.25) is 9.69 Å². The summed E-state index contributed by atoms with van der Waals surface area (Å²) in [6, 6.07) is 6.69. The van der Waals surface area contributed by atoms with Crippen LogP contribution in [0.1, 0.15) is 34.6 Å². The van der Waals surface area contributed by atoms with E-state index in [0.29, 0.717) is 5.75 Å². The average Bonchev–Trinajstić information content (AvgIpc) is 3.28. The topological polar surface area (TPSA) is 49.6 Å². The molecule has 5 nitrogen and oxygen atoms in total. The number of rotatable bonds is 5. The van der Waals surface area contributed by atoms with Crippen LogP contribution in [-0.2, 0) is 24.2 Å². The van der Waals surface area contributed by atoms with Gasteiger partial charge in [-0.2, -0.15) is 0 Å². The number of carbonyl (C=O) groups excluding carboxylic acids is 1. The maximum atomic E-state index is 12.6. The Hall–Kier alpha value is -1.79. The molecular formula is C21H27N3O2S. The third kappa shape index (κ3) is 4.22. The van der Waals surface area contributed by atoms with Crippen molar-refractivity contribution in [1.29, 1.82) is 0 Å². The third-order valence-corrected chi connectivity index (χ3v) is 6.70. The molecule has 2 aromatic rings. The number of aromatic nitrogens is 1. The fourth-order valence-corrected chi connectivity index (χ4v) is 4.84. The number of hydrogen-bond acceptors (Lipinski definition) is 5. The fourth-order valence-electron chi connectivity index (χ4n) is 3.98. The summed E-state index contributed by atoms with van der Waals surface area (Å²) in [5.41, 5.74) is 5.11. The zero-order chi connectivity index (χ0) is 18.8. The van der Waals surface area contributed by atoms with Crippen LogP contribution in [0.25, 0.3) is 0 Å². The van der Waals surface area contributed by atoms with Crippen molar-refractivity contribution in [3.8, 4) is 0 Å². The number of thioether (sulfide) groups is 1. The Labute approximate surface area is 165 Å². The van der Waals surface area contributed by atoms with E-state index < -0.39 is 0 Å². The van der Waals surface area contributed by atoms with Crippen LogP contribution in [0.5, 0.6) is 0 Å². The van der Waals surface area contributed by atoms with Gasteiger partial charge in [-0.15, -0.1) is 11.8 Å². The Balaban J connectivity index is 1.25. The molecule has 0 saturated carbocycles. The molecule has 1 aromatic carbocycles. The van der Waals surface area contributed by atoms with Gasteiger partial charge in [0.25, 0.3) is 0 Å². The van der Waals surface area contributed by atoms with Crippen molar-refractivity contribution < 1.29 is 9.32 Å². The molecule has 27 heavy (non-hydrogen) atoms. The summed E-state index contributed by atoms with van der Waals surface area (Å²) >= 11 is 1.67. The number of nitrogens with zero attached hydrogens (tertiary/aromatic N) is 3. The molecule has 0 radical (unpaired) electrons. The van der Waals surface area contributed by atoms with E-state index in [-0.39, 0.29) is 5.91 Å². The highest BCUT2D eigenvalue weighted by Gasteiger charge is 2.23. The van der Waals surface area contributed by atoms with Crippen molar-refractivity contribution in [3.63, 3.8) is 0 Å². The Bertz CT molecular complexity index is 805. The van der Waals surface area contributed by atoms with Gasteiger partial charge < -0.3 is 9.42 Å². The third-order valence-electron chi connectivity index (χ3n) is 5.72. The lowest BCUT2D eigenvalue weighted by molar-refractivity contribution is -0.130. The Morgan fingerprint density at radius 1 is 1.15 bits per heavy atom. The van der Waals surface area contributed by atoms with E-state index in [1.165, 1.54) is 40.8 Å². The van der Waals surface area contributed by atoms with Crippen LogP contribution >= 0.6 is 11.8 Å². The Kier molecular flexibility index (Phi) is 5.55. The lowest BCUT2D eigenvalue weighted by Crippen LogP contribution is -2.48. The second kappa shape index (κ2) is 8.07. The molecular weight excluding hydrogens is 358 g/mol. The summed E-state index contributed by atoms with van der Waals surface area (Å²) < 4.78 is 5.25. The van der Waals surface area contributed by atoms with Gasteiger partial charge in [-0.1, -0.05) is 11.2 Å². The minimum Gasteiger partial charge on any atom is -0.361 e. The minimum atomic E-state index is 0.248. The van der Waals surface area contributed by atoms with Crippen molar-refractivity contribution >= 4 is 17.7 Å². The van der Waals surface area contributed by atoms with Gasteiger partial charge >= 0.3 is 0 Å². The number of amides is 1. The summed E-state index contributed by atoms with van der Waals surface area (Å²) in [6.45, 7) is 8.21. The van der Waals surface area contributed by atoms with Crippen molar-refractivity contribution in [1.82, 2.24) is 15.0 Å². The molecule has 2 heterocycles. The van der Waals surface area contributed by atoms with Crippen LogP contribution in [0.3, 0.4) is 0 Å². The van der Waals surface area contributed by atoms with E-state index in [1.807, 2.05) is 18.7 Å². The van der Waals surface area contributed by atoms with E-state index >= 15 is 0 Å². The van der Waals surface area contributed by atoms with Crippen LogP contribution < -0.4 is 0 Å². The highest BCUT2D eigenvalue weighted by Crippen LogP contribution is 2.27. The molecule has 1 aliphatic carbocycles. The van der Waals surface area contributed by atoms with Gasteiger partial charge in [0.2, 0.25) is 5.91 Å². The molecule has 0 bridgehead atoms. The van der Waals surface area contributed by atoms with Crippen molar-refractivity contribution in [2.24, 2.45) is 0 Å². The van der Waals surface area contributed by atoms with Gasteiger partial charge in [0.05, 0.1) is 11.4 Å². The normalized spacial score (nSPS) is 17.3. The first-order valence-corrected chi connectivity index (χ1v) is 10.7. The van der Waals surface area contributed by atoms with Gasteiger partial charge in [0.15, 0.2) is 0 Å². The van der Waals surface area contributed by atoms with Crippen molar-refractivity contribution in [3.05, 3.63) is 46.3 Å². The molecule has 1 fully saturated rings.